The van der Waals surface area contributed by atoms with Crippen LogP contribution in [0.1, 0.15) is 19.8 Å². The molecule has 0 aliphatic heterocycles. The van der Waals surface area contributed by atoms with Crippen molar-refractivity contribution in [2.75, 3.05) is 37.4 Å². The van der Waals surface area contributed by atoms with Crippen molar-refractivity contribution in [2.45, 2.75) is 24.7 Å². The Kier molecular flexibility index (Phi) is 7.58. The zero-order valence-corrected chi connectivity index (χ0v) is 12.7. The summed E-state index contributed by atoms with van der Waals surface area (Å²) in [4.78, 5) is 0.359. The van der Waals surface area contributed by atoms with E-state index in [1.807, 2.05) is 13.0 Å². The van der Waals surface area contributed by atoms with Gasteiger partial charge in [-0.2, -0.15) is 0 Å². The minimum atomic E-state index is -3.22. The lowest BCUT2D eigenvalue weighted by Crippen LogP contribution is -2.12. The maximum Gasteiger partial charge on any atom is 0.180 e. The van der Waals surface area contributed by atoms with E-state index in [4.69, 9.17) is 9.84 Å². The van der Waals surface area contributed by atoms with E-state index in [2.05, 4.69) is 5.32 Å². The number of aliphatic hydroxyl groups is 1. The predicted molar refractivity (Wildman–Crippen MR) is 79.8 cm³/mol. The van der Waals surface area contributed by atoms with Gasteiger partial charge in [0.2, 0.25) is 0 Å². The van der Waals surface area contributed by atoms with Gasteiger partial charge in [0, 0.05) is 13.2 Å². The maximum atomic E-state index is 12.1. The first-order chi connectivity index (χ1) is 9.61. The third-order valence-corrected chi connectivity index (χ3v) is 4.68. The van der Waals surface area contributed by atoms with Gasteiger partial charge in [0.1, 0.15) is 0 Å². The van der Waals surface area contributed by atoms with Crippen LogP contribution in [0.4, 0.5) is 5.69 Å². The van der Waals surface area contributed by atoms with Crippen molar-refractivity contribution in [3.63, 3.8) is 0 Å². The van der Waals surface area contributed by atoms with Crippen LogP contribution in [0.15, 0.2) is 29.2 Å². The molecule has 0 fully saturated rings. The number of rotatable bonds is 10. The number of anilines is 1. The largest absolute Gasteiger partial charge is 0.394 e. The summed E-state index contributed by atoms with van der Waals surface area (Å²) in [5, 5.41) is 11.7. The van der Waals surface area contributed by atoms with Gasteiger partial charge < -0.3 is 15.2 Å². The second-order valence-electron chi connectivity index (χ2n) is 4.43. The van der Waals surface area contributed by atoms with Crippen LogP contribution in [0.3, 0.4) is 0 Å². The highest BCUT2D eigenvalue weighted by molar-refractivity contribution is 7.91. The molecule has 20 heavy (non-hydrogen) atoms. The van der Waals surface area contributed by atoms with Gasteiger partial charge in [0.25, 0.3) is 0 Å². The summed E-state index contributed by atoms with van der Waals surface area (Å²) in [5.41, 5.74) is 0.642. The number of aliphatic hydroxyl groups excluding tert-OH is 1. The number of para-hydroxylation sites is 1. The van der Waals surface area contributed by atoms with Crippen LogP contribution in [-0.2, 0) is 14.6 Å². The molecule has 0 bridgehead atoms. The summed E-state index contributed by atoms with van der Waals surface area (Å²) in [6, 6.07) is 6.96. The minimum absolute atomic E-state index is 0.0194. The molecule has 0 aliphatic rings. The van der Waals surface area contributed by atoms with E-state index in [1.165, 1.54) is 0 Å². The van der Waals surface area contributed by atoms with Crippen molar-refractivity contribution in [1.82, 2.24) is 0 Å². The van der Waals surface area contributed by atoms with E-state index in [0.29, 0.717) is 36.8 Å². The van der Waals surface area contributed by atoms with E-state index in [1.54, 1.807) is 18.2 Å². The smallest absolute Gasteiger partial charge is 0.180 e. The van der Waals surface area contributed by atoms with Gasteiger partial charge >= 0.3 is 0 Å². The molecular weight excluding hydrogens is 278 g/mol. The van der Waals surface area contributed by atoms with Crippen LogP contribution >= 0.6 is 0 Å². The molecule has 114 valence electrons. The van der Waals surface area contributed by atoms with E-state index < -0.39 is 9.84 Å². The molecule has 0 aliphatic carbocycles. The second-order valence-corrected chi connectivity index (χ2v) is 6.51. The number of hydrogen-bond donors (Lipinski definition) is 2. The Morgan fingerprint density at radius 1 is 1.25 bits per heavy atom. The van der Waals surface area contributed by atoms with Gasteiger partial charge in [-0.3, -0.25) is 0 Å². The Balaban J connectivity index is 2.58. The number of benzene rings is 1. The second kappa shape index (κ2) is 8.94. The molecule has 5 nitrogen and oxygen atoms in total. The minimum Gasteiger partial charge on any atom is -0.394 e. The van der Waals surface area contributed by atoms with Crippen molar-refractivity contribution >= 4 is 15.5 Å². The molecule has 2 N–H and O–H groups in total. The molecule has 0 spiro atoms. The standard InChI is InChI=1S/C14H23NO4S/c1-2-12-20(17,18)14-7-4-3-6-13(14)15-8-5-10-19-11-9-16/h3-4,6-7,15-16H,2,5,8-12H2,1H3. The Bertz CT molecular complexity index is 488. The Morgan fingerprint density at radius 2 is 2.00 bits per heavy atom. The first-order valence-corrected chi connectivity index (χ1v) is 8.51. The summed E-state index contributed by atoms with van der Waals surface area (Å²) < 4.78 is 29.4. The van der Waals surface area contributed by atoms with Crippen molar-refractivity contribution < 1.29 is 18.3 Å². The van der Waals surface area contributed by atoms with Gasteiger partial charge in [0.05, 0.1) is 29.5 Å². The normalized spacial score (nSPS) is 11.5. The van der Waals surface area contributed by atoms with E-state index >= 15 is 0 Å². The SMILES string of the molecule is CCCS(=O)(=O)c1ccccc1NCCCOCCO. The lowest BCUT2D eigenvalue weighted by Gasteiger charge is -2.12. The predicted octanol–water partition coefficient (Wildman–Crippen LogP) is 1.68. The number of hydrogen-bond acceptors (Lipinski definition) is 5. The van der Waals surface area contributed by atoms with Gasteiger partial charge in [-0.15, -0.1) is 0 Å². The molecule has 0 heterocycles. The van der Waals surface area contributed by atoms with E-state index in [0.717, 1.165) is 6.42 Å². The fraction of sp³-hybridized carbons (Fsp3) is 0.571. The average molecular weight is 301 g/mol. The number of nitrogens with one attached hydrogen (secondary N) is 1. The zero-order chi connectivity index (χ0) is 14.8. The van der Waals surface area contributed by atoms with Crippen LogP contribution in [0.2, 0.25) is 0 Å². The third kappa shape index (κ3) is 5.48. The molecular formula is C14H23NO4S. The summed E-state index contributed by atoms with van der Waals surface area (Å²) in [6.07, 6.45) is 1.35. The average Bonchev–Trinajstić information content (AvgIpc) is 2.43. The van der Waals surface area contributed by atoms with Crippen molar-refractivity contribution in [3.05, 3.63) is 24.3 Å². The topological polar surface area (TPSA) is 75.6 Å². The lowest BCUT2D eigenvalue weighted by molar-refractivity contribution is 0.0922. The van der Waals surface area contributed by atoms with Gasteiger partial charge in [-0.05, 0) is 25.0 Å². The zero-order valence-electron chi connectivity index (χ0n) is 11.8. The number of sulfone groups is 1. The van der Waals surface area contributed by atoms with Crippen LogP contribution < -0.4 is 5.32 Å². The Labute approximate surface area is 120 Å². The molecule has 0 saturated heterocycles. The van der Waals surface area contributed by atoms with Crippen LogP contribution in [0, 0.1) is 0 Å². The molecule has 0 saturated carbocycles. The van der Waals surface area contributed by atoms with Gasteiger partial charge in [-0.1, -0.05) is 19.1 Å². The summed E-state index contributed by atoms with van der Waals surface area (Å²) >= 11 is 0. The molecule has 0 atom stereocenters. The molecule has 0 amide bonds. The third-order valence-electron chi connectivity index (χ3n) is 2.71. The maximum absolute atomic E-state index is 12.1. The van der Waals surface area contributed by atoms with Gasteiger partial charge in [-0.25, -0.2) is 8.42 Å². The summed E-state index contributed by atoms with van der Waals surface area (Å²) in [5.74, 6) is 0.158. The highest BCUT2D eigenvalue weighted by Gasteiger charge is 2.16. The Hall–Kier alpha value is -1.11. The molecule has 0 aromatic heterocycles. The molecule has 1 aromatic rings. The Morgan fingerprint density at radius 3 is 2.70 bits per heavy atom. The monoisotopic (exact) mass is 301 g/mol. The van der Waals surface area contributed by atoms with E-state index in [-0.39, 0.29) is 12.4 Å². The fourth-order valence-electron chi connectivity index (χ4n) is 1.83. The molecule has 6 heteroatoms. The quantitative estimate of drug-likeness (QED) is 0.643. The molecule has 0 radical (unpaired) electrons. The number of ether oxygens (including phenoxy) is 1. The fourth-order valence-corrected chi connectivity index (χ4v) is 3.35. The highest BCUT2D eigenvalue weighted by atomic mass is 32.2. The van der Waals surface area contributed by atoms with Crippen LogP contribution in [-0.4, -0.2) is 45.6 Å². The van der Waals surface area contributed by atoms with Crippen molar-refractivity contribution in [1.29, 1.82) is 0 Å². The van der Waals surface area contributed by atoms with Crippen LogP contribution in [0.25, 0.3) is 0 Å². The first-order valence-electron chi connectivity index (χ1n) is 6.86. The molecule has 1 rings (SSSR count). The van der Waals surface area contributed by atoms with Crippen molar-refractivity contribution in [3.8, 4) is 0 Å². The highest BCUT2D eigenvalue weighted by Crippen LogP contribution is 2.22. The molecule has 1 aromatic carbocycles. The lowest BCUT2D eigenvalue weighted by atomic mass is 10.3. The molecule has 0 unspecified atom stereocenters. The first kappa shape index (κ1) is 16.9. The summed E-state index contributed by atoms with van der Waals surface area (Å²) in [7, 11) is -3.22. The summed E-state index contributed by atoms with van der Waals surface area (Å²) in [6.45, 7) is 3.38. The van der Waals surface area contributed by atoms with Crippen LogP contribution in [0.5, 0.6) is 0 Å². The van der Waals surface area contributed by atoms with E-state index in [9.17, 15) is 8.42 Å². The van der Waals surface area contributed by atoms with Crippen molar-refractivity contribution in [2.24, 2.45) is 0 Å². The van der Waals surface area contributed by atoms with Gasteiger partial charge in [0.15, 0.2) is 9.84 Å².